The van der Waals surface area contributed by atoms with E-state index in [2.05, 4.69) is 0 Å². The maximum absolute atomic E-state index is 12.5. The van der Waals surface area contributed by atoms with Gasteiger partial charge in [0.15, 0.2) is 0 Å². The van der Waals surface area contributed by atoms with E-state index in [1.807, 2.05) is 47.6 Å². The molecule has 0 spiro atoms. The molecule has 1 aliphatic rings. The second kappa shape index (κ2) is 8.68. The van der Waals surface area contributed by atoms with Crippen molar-refractivity contribution in [2.75, 3.05) is 0 Å². The summed E-state index contributed by atoms with van der Waals surface area (Å²) in [5.74, 6) is -0.169. The van der Waals surface area contributed by atoms with Gasteiger partial charge in [0.1, 0.15) is 11.2 Å². The first-order valence-electron chi connectivity index (χ1n) is 9.12. The fourth-order valence-corrected chi connectivity index (χ4v) is 2.81. The van der Waals surface area contributed by atoms with Crippen LogP contribution in [-0.4, -0.2) is 23.1 Å². The third kappa shape index (κ3) is 9.09. The summed E-state index contributed by atoms with van der Waals surface area (Å²) >= 11 is 0. The van der Waals surface area contributed by atoms with Crippen LogP contribution in [0.3, 0.4) is 0 Å². The smallest absolute Gasteiger partial charge is 0.334 e. The van der Waals surface area contributed by atoms with Crippen molar-refractivity contribution in [1.29, 1.82) is 0 Å². The first kappa shape index (κ1) is 20.7. The molecule has 0 aliphatic heterocycles. The zero-order valence-electron chi connectivity index (χ0n) is 16.2. The number of esters is 2. The second-order valence-corrected chi connectivity index (χ2v) is 8.68. The highest BCUT2D eigenvalue weighted by Crippen LogP contribution is 2.27. The number of allylic oxidation sites excluding steroid dienone is 1. The quantitative estimate of drug-likeness (QED) is 0.525. The van der Waals surface area contributed by atoms with E-state index >= 15 is 0 Å². The van der Waals surface area contributed by atoms with Crippen LogP contribution in [0.4, 0.5) is 0 Å². The lowest BCUT2D eigenvalue weighted by Gasteiger charge is -2.23. The van der Waals surface area contributed by atoms with Gasteiger partial charge in [-0.15, -0.1) is 0 Å². The summed E-state index contributed by atoms with van der Waals surface area (Å²) < 4.78 is 10.9. The van der Waals surface area contributed by atoms with Gasteiger partial charge in [0.2, 0.25) is 0 Å². The Morgan fingerprint density at radius 1 is 0.875 bits per heavy atom. The predicted molar refractivity (Wildman–Crippen MR) is 95.6 cm³/mol. The van der Waals surface area contributed by atoms with Crippen molar-refractivity contribution in [2.24, 2.45) is 5.92 Å². The monoisotopic (exact) mass is 338 g/mol. The predicted octanol–water partition coefficient (Wildman–Crippen LogP) is 4.96. The van der Waals surface area contributed by atoms with Crippen LogP contribution in [0.1, 0.15) is 86.5 Å². The van der Waals surface area contributed by atoms with E-state index in [0.717, 1.165) is 12.8 Å². The summed E-state index contributed by atoms with van der Waals surface area (Å²) in [4.78, 5) is 24.4. The van der Waals surface area contributed by atoms with E-state index in [-0.39, 0.29) is 18.4 Å². The van der Waals surface area contributed by atoms with E-state index < -0.39 is 11.2 Å². The largest absolute Gasteiger partial charge is 0.460 e. The highest BCUT2D eigenvalue weighted by molar-refractivity contribution is 5.89. The summed E-state index contributed by atoms with van der Waals surface area (Å²) in [5, 5.41) is 0. The summed E-state index contributed by atoms with van der Waals surface area (Å²) in [7, 11) is 0. The Bertz CT molecular complexity index is 457. The molecular weight excluding hydrogens is 304 g/mol. The Balaban J connectivity index is 2.75. The summed E-state index contributed by atoms with van der Waals surface area (Å²) in [6, 6.07) is 0. The highest BCUT2D eigenvalue weighted by atomic mass is 16.6. The van der Waals surface area contributed by atoms with Crippen LogP contribution in [0.5, 0.6) is 0 Å². The van der Waals surface area contributed by atoms with Gasteiger partial charge < -0.3 is 9.47 Å². The minimum absolute atomic E-state index is 0.203. The van der Waals surface area contributed by atoms with Gasteiger partial charge >= 0.3 is 11.9 Å². The van der Waals surface area contributed by atoms with Gasteiger partial charge in [-0.25, -0.2) is 4.79 Å². The molecule has 0 bridgehead atoms. The third-order valence-corrected chi connectivity index (χ3v) is 3.77. The minimum Gasteiger partial charge on any atom is -0.460 e. The van der Waals surface area contributed by atoms with Gasteiger partial charge in [0, 0.05) is 12.0 Å². The molecule has 138 valence electrons. The molecular formula is C20H34O4. The Morgan fingerprint density at radius 2 is 1.42 bits per heavy atom. The molecule has 0 heterocycles. The second-order valence-electron chi connectivity index (χ2n) is 8.68. The van der Waals surface area contributed by atoms with Crippen molar-refractivity contribution in [3.05, 3.63) is 11.6 Å². The van der Waals surface area contributed by atoms with Crippen molar-refractivity contribution >= 4 is 11.9 Å². The molecule has 4 nitrogen and oxygen atoms in total. The first-order valence-corrected chi connectivity index (χ1v) is 9.12. The Kier molecular flexibility index (Phi) is 7.50. The van der Waals surface area contributed by atoms with Crippen molar-refractivity contribution in [3.8, 4) is 0 Å². The van der Waals surface area contributed by atoms with Gasteiger partial charge in [-0.3, -0.25) is 4.79 Å². The van der Waals surface area contributed by atoms with Gasteiger partial charge in [0.05, 0.1) is 0 Å². The Labute approximate surface area is 147 Å². The van der Waals surface area contributed by atoms with E-state index in [1.54, 1.807) is 0 Å². The van der Waals surface area contributed by atoms with E-state index in [4.69, 9.17) is 9.47 Å². The van der Waals surface area contributed by atoms with Gasteiger partial charge in [-0.2, -0.15) is 0 Å². The third-order valence-electron chi connectivity index (χ3n) is 3.77. The van der Waals surface area contributed by atoms with Crippen LogP contribution in [-0.2, 0) is 19.1 Å². The molecule has 0 aromatic rings. The fraction of sp³-hybridized carbons (Fsp3) is 0.800. The number of hydrogen-bond donors (Lipinski definition) is 0. The van der Waals surface area contributed by atoms with Gasteiger partial charge in [0.25, 0.3) is 0 Å². The van der Waals surface area contributed by atoms with Crippen LogP contribution in [0.2, 0.25) is 0 Å². The lowest BCUT2D eigenvalue weighted by molar-refractivity contribution is -0.154. The molecule has 1 saturated carbocycles. The highest BCUT2D eigenvalue weighted by Gasteiger charge is 2.23. The molecule has 0 aromatic heterocycles. The van der Waals surface area contributed by atoms with Crippen molar-refractivity contribution < 1.29 is 19.1 Å². The van der Waals surface area contributed by atoms with Gasteiger partial charge in [-0.1, -0.05) is 25.3 Å². The maximum Gasteiger partial charge on any atom is 0.334 e. The zero-order chi connectivity index (χ0) is 18.4. The number of carbonyl (C=O) groups excluding carboxylic acids is 2. The molecule has 0 radical (unpaired) electrons. The van der Waals surface area contributed by atoms with E-state index in [9.17, 15) is 9.59 Å². The maximum atomic E-state index is 12.5. The molecule has 0 aromatic carbocycles. The molecule has 1 fully saturated rings. The average molecular weight is 338 g/mol. The van der Waals surface area contributed by atoms with E-state index in [1.165, 1.54) is 19.3 Å². The van der Waals surface area contributed by atoms with Gasteiger partial charge in [-0.05, 0) is 66.7 Å². The SMILES string of the molecule is CC(C)(C)OC(=O)CC/C(=C\C1CCCCC1)C(=O)OC(C)(C)C. The van der Waals surface area contributed by atoms with Crippen molar-refractivity contribution in [1.82, 2.24) is 0 Å². The average Bonchev–Trinajstić information content (AvgIpc) is 2.40. The zero-order valence-corrected chi connectivity index (χ0v) is 16.2. The van der Waals surface area contributed by atoms with Crippen LogP contribution < -0.4 is 0 Å². The summed E-state index contributed by atoms with van der Waals surface area (Å²) in [5.41, 5.74) is -0.423. The summed E-state index contributed by atoms with van der Waals surface area (Å²) in [6.07, 6.45) is 8.51. The molecule has 1 rings (SSSR count). The number of carbonyl (C=O) groups is 2. The topological polar surface area (TPSA) is 52.6 Å². The minimum atomic E-state index is -0.533. The number of hydrogen-bond acceptors (Lipinski definition) is 4. The Hall–Kier alpha value is -1.32. The molecule has 1 aliphatic carbocycles. The lowest BCUT2D eigenvalue weighted by atomic mass is 9.87. The lowest BCUT2D eigenvalue weighted by Crippen LogP contribution is -2.26. The first-order chi connectivity index (χ1) is 11.0. The van der Waals surface area contributed by atoms with Crippen LogP contribution >= 0.6 is 0 Å². The molecule has 0 unspecified atom stereocenters. The summed E-state index contributed by atoms with van der Waals surface area (Å²) in [6.45, 7) is 11.1. The van der Waals surface area contributed by atoms with Crippen LogP contribution in [0.15, 0.2) is 11.6 Å². The molecule has 0 N–H and O–H groups in total. The van der Waals surface area contributed by atoms with Crippen molar-refractivity contribution in [3.63, 3.8) is 0 Å². The number of ether oxygens (including phenoxy) is 2. The molecule has 0 atom stereocenters. The van der Waals surface area contributed by atoms with Crippen LogP contribution in [0.25, 0.3) is 0 Å². The van der Waals surface area contributed by atoms with Crippen LogP contribution in [0, 0.1) is 5.92 Å². The molecule has 0 saturated heterocycles. The number of rotatable bonds is 5. The van der Waals surface area contributed by atoms with E-state index in [0.29, 0.717) is 17.9 Å². The fourth-order valence-electron chi connectivity index (χ4n) is 2.81. The Morgan fingerprint density at radius 3 is 1.92 bits per heavy atom. The molecule has 24 heavy (non-hydrogen) atoms. The standard InChI is InChI=1S/C20H34O4/c1-19(2,3)23-17(21)13-12-16(18(22)24-20(4,5)6)14-15-10-8-7-9-11-15/h14-15H,7-13H2,1-6H3/b16-14+. The molecule has 4 heteroatoms. The molecule has 0 amide bonds. The normalized spacial score (nSPS) is 17.5. The van der Waals surface area contributed by atoms with Crippen molar-refractivity contribution in [2.45, 2.75) is 97.7 Å².